The summed E-state index contributed by atoms with van der Waals surface area (Å²) in [6, 6.07) is 0. The molecule has 0 radical (unpaired) electrons. The van der Waals surface area contributed by atoms with Crippen molar-refractivity contribution in [1.82, 2.24) is 19.9 Å². The van der Waals surface area contributed by atoms with E-state index < -0.39 is 0 Å². The van der Waals surface area contributed by atoms with Gasteiger partial charge < -0.3 is 15.6 Å². The minimum Gasteiger partial charge on any atom is -0.336 e. The van der Waals surface area contributed by atoms with Gasteiger partial charge in [0.15, 0.2) is 0 Å². The minimum absolute atomic E-state index is 0.642. The Labute approximate surface area is 105 Å². The summed E-state index contributed by atoms with van der Waals surface area (Å²) in [5.41, 5.74) is 9.51. The molecule has 2 aromatic heterocycles. The molecule has 0 atom stereocenters. The van der Waals surface area contributed by atoms with Crippen LogP contribution in [0, 0.1) is 6.92 Å². The highest BCUT2D eigenvalue weighted by molar-refractivity contribution is 7.09. The fourth-order valence-electron chi connectivity index (χ4n) is 1.57. The number of thiazole rings is 1. The van der Waals surface area contributed by atoms with Crippen LogP contribution < -0.4 is 11.1 Å². The van der Waals surface area contributed by atoms with Crippen molar-refractivity contribution in [3.8, 4) is 0 Å². The summed E-state index contributed by atoms with van der Waals surface area (Å²) in [4.78, 5) is 9.81. The molecule has 0 aliphatic rings. The average molecular weight is 251 g/mol. The molecule has 0 fully saturated rings. The second kappa shape index (κ2) is 5.90. The Balaban J connectivity index is 1.80. The Hall–Kier alpha value is -1.24. The van der Waals surface area contributed by atoms with Gasteiger partial charge in [0.05, 0.1) is 23.2 Å². The summed E-state index contributed by atoms with van der Waals surface area (Å²) in [5.74, 6) is 0. The maximum absolute atomic E-state index is 5.48. The Morgan fingerprint density at radius 2 is 2.29 bits per heavy atom. The molecule has 6 heteroatoms. The van der Waals surface area contributed by atoms with Crippen molar-refractivity contribution >= 4 is 11.3 Å². The van der Waals surface area contributed by atoms with Gasteiger partial charge in [-0.25, -0.2) is 9.97 Å². The third-order valence-electron chi connectivity index (χ3n) is 2.51. The Bertz CT molecular complexity index is 462. The predicted octanol–water partition coefficient (Wildman–Crippen LogP) is 0.897. The van der Waals surface area contributed by atoms with Crippen LogP contribution in [0.4, 0.5) is 0 Å². The number of nitrogens with two attached hydrogens (primary N) is 1. The maximum Gasteiger partial charge on any atom is 0.0950 e. The Morgan fingerprint density at radius 1 is 1.41 bits per heavy atom. The molecule has 0 saturated carbocycles. The van der Waals surface area contributed by atoms with Gasteiger partial charge in [-0.1, -0.05) is 0 Å². The summed E-state index contributed by atoms with van der Waals surface area (Å²) in [6.45, 7) is 5.11. The van der Waals surface area contributed by atoms with Crippen molar-refractivity contribution in [2.45, 2.75) is 26.6 Å². The Morgan fingerprint density at radius 3 is 3.00 bits per heavy atom. The molecule has 17 heavy (non-hydrogen) atoms. The van der Waals surface area contributed by atoms with E-state index in [4.69, 9.17) is 5.73 Å². The normalized spacial score (nSPS) is 10.9. The molecule has 3 N–H and O–H groups in total. The van der Waals surface area contributed by atoms with E-state index in [1.54, 1.807) is 11.3 Å². The third kappa shape index (κ3) is 3.36. The predicted molar refractivity (Wildman–Crippen MR) is 68.7 cm³/mol. The van der Waals surface area contributed by atoms with Gasteiger partial charge in [-0.15, -0.1) is 11.3 Å². The van der Waals surface area contributed by atoms with Crippen LogP contribution >= 0.6 is 11.3 Å². The number of nitrogens with one attached hydrogen (secondary N) is 1. The monoisotopic (exact) mass is 251 g/mol. The van der Waals surface area contributed by atoms with E-state index in [1.165, 1.54) is 4.88 Å². The fraction of sp³-hybridized carbons (Fsp3) is 0.455. The molecule has 5 nitrogen and oxygen atoms in total. The highest BCUT2D eigenvalue weighted by Crippen LogP contribution is 2.11. The molecule has 2 aromatic rings. The highest BCUT2D eigenvalue weighted by atomic mass is 32.1. The van der Waals surface area contributed by atoms with Crippen LogP contribution in [-0.4, -0.2) is 21.1 Å². The van der Waals surface area contributed by atoms with Crippen LogP contribution in [0.3, 0.4) is 0 Å². The molecule has 0 aromatic carbocycles. The zero-order chi connectivity index (χ0) is 12.1. The zero-order valence-electron chi connectivity index (χ0n) is 9.89. The SMILES string of the molecule is Cc1ncsc1CNCc1cn(CCN)cn1. The first kappa shape index (κ1) is 12.2. The van der Waals surface area contributed by atoms with E-state index >= 15 is 0 Å². The number of aryl methyl sites for hydroxylation is 1. The number of nitrogens with zero attached hydrogens (tertiary/aromatic N) is 3. The molecule has 0 aliphatic carbocycles. The maximum atomic E-state index is 5.48. The molecule has 0 saturated heterocycles. The van der Waals surface area contributed by atoms with Gasteiger partial charge in [0.1, 0.15) is 0 Å². The number of hydrogen-bond acceptors (Lipinski definition) is 5. The molecule has 0 bridgehead atoms. The van der Waals surface area contributed by atoms with Crippen LogP contribution in [0.25, 0.3) is 0 Å². The summed E-state index contributed by atoms with van der Waals surface area (Å²) in [6.07, 6.45) is 3.85. The first-order valence-corrected chi connectivity index (χ1v) is 6.48. The standard InChI is InChI=1S/C11H17N5S/c1-9-11(17-8-15-9)5-13-4-10-6-16(3-2-12)7-14-10/h6-8,13H,2-5,12H2,1H3. The molecule has 0 aliphatic heterocycles. The van der Waals surface area contributed by atoms with Crippen molar-refractivity contribution in [3.63, 3.8) is 0 Å². The average Bonchev–Trinajstić information content (AvgIpc) is 2.90. The lowest BCUT2D eigenvalue weighted by Crippen LogP contribution is -2.13. The molecule has 92 valence electrons. The van der Waals surface area contributed by atoms with E-state index in [1.807, 2.05) is 29.5 Å². The highest BCUT2D eigenvalue weighted by Gasteiger charge is 2.02. The fourth-order valence-corrected chi connectivity index (χ4v) is 2.32. The van der Waals surface area contributed by atoms with E-state index in [2.05, 4.69) is 15.3 Å². The van der Waals surface area contributed by atoms with Crippen molar-refractivity contribution in [1.29, 1.82) is 0 Å². The van der Waals surface area contributed by atoms with E-state index in [0.717, 1.165) is 31.0 Å². The van der Waals surface area contributed by atoms with Crippen molar-refractivity contribution < 1.29 is 0 Å². The minimum atomic E-state index is 0.642. The van der Waals surface area contributed by atoms with E-state index in [-0.39, 0.29) is 0 Å². The van der Waals surface area contributed by atoms with Crippen molar-refractivity contribution in [2.24, 2.45) is 5.73 Å². The number of hydrogen-bond donors (Lipinski definition) is 2. The van der Waals surface area contributed by atoms with Gasteiger partial charge in [-0.3, -0.25) is 0 Å². The van der Waals surface area contributed by atoms with Crippen LogP contribution in [0.2, 0.25) is 0 Å². The second-order valence-corrected chi connectivity index (χ2v) is 4.80. The van der Waals surface area contributed by atoms with Gasteiger partial charge in [-0.2, -0.15) is 0 Å². The summed E-state index contributed by atoms with van der Waals surface area (Å²) < 4.78 is 2.01. The summed E-state index contributed by atoms with van der Waals surface area (Å²) >= 11 is 1.68. The van der Waals surface area contributed by atoms with Crippen molar-refractivity contribution in [2.75, 3.05) is 6.54 Å². The number of imidazole rings is 1. The molecular formula is C11H17N5S. The first-order chi connectivity index (χ1) is 8.29. The molecule has 2 rings (SSSR count). The first-order valence-electron chi connectivity index (χ1n) is 5.60. The quantitative estimate of drug-likeness (QED) is 0.800. The van der Waals surface area contributed by atoms with Gasteiger partial charge in [0, 0.05) is 37.3 Å². The molecule has 0 spiro atoms. The van der Waals surface area contributed by atoms with Gasteiger partial charge in [-0.05, 0) is 6.92 Å². The van der Waals surface area contributed by atoms with Gasteiger partial charge in [0.25, 0.3) is 0 Å². The van der Waals surface area contributed by atoms with Crippen LogP contribution in [0.1, 0.15) is 16.3 Å². The number of rotatable bonds is 6. The summed E-state index contributed by atoms with van der Waals surface area (Å²) in [7, 11) is 0. The van der Waals surface area contributed by atoms with Crippen molar-refractivity contribution in [3.05, 3.63) is 34.3 Å². The number of aromatic nitrogens is 3. The lowest BCUT2D eigenvalue weighted by atomic mass is 10.4. The topological polar surface area (TPSA) is 68.8 Å². The molecule has 2 heterocycles. The van der Waals surface area contributed by atoms with E-state index in [9.17, 15) is 0 Å². The van der Waals surface area contributed by atoms with Crippen LogP contribution in [-0.2, 0) is 19.6 Å². The Kier molecular flexibility index (Phi) is 4.24. The van der Waals surface area contributed by atoms with Crippen LogP contribution in [0.15, 0.2) is 18.0 Å². The largest absolute Gasteiger partial charge is 0.336 e. The second-order valence-electron chi connectivity index (χ2n) is 3.86. The molecule has 0 amide bonds. The third-order valence-corrected chi connectivity index (χ3v) is 3.45. The van der Waals surface area contributed by atoms with Gasteiger partial charge in [0.2, 0.25) is 0 Å². The molecule has 0 unspecified atom stereocenters. The van der Waals surface area contributed by atoms with E-state index in [0.29, 0.717) is 6.54 Å². The smallest absolute Gasteiger partial charge is 0.0950 e. The molecular weight excluding hydrogens is 234 g/mol. The van der Waals surface area contributed by atoms with Gasteiger partial charge >= 0.3 is 0 Å². The van der Waals surface area contributed by atoms with Crippen LogP contribution in [0.5, 0.6) is 0 Å². The zero-order valence-corrected chi connectivity index (χ0v) is 10.7. The summed E-state index contributed by atoms with van der Waals surface area (Å²) in [5, 5.41) is 3.36. The lowest BCUT2D eigenvalue weighted by Gasteiger charge is -2.01. The lowest BCUT2D eigenvalue weighted by molar-refractivity contribution is 0.680.